The van der Waals surface area contributed by atoms with Gasteiger partial charge >= 0.3 is 0 Å². The fourth-order valence-corrected chi connectivity index (χ4v) is 1.88. The lowest BCUT2D eigenvalue weighted by atomic mass is 9.94. The molecule has 0 aliphatic carbocycles. The molecule has 0 spiro atoms. The first-order valence-corrected chi connectivity index (χ1v) is 5.59. The zero-order valence-electron chi connectivity index (χ0n) is 9.66. The molecular formula is C11H24N2O. The Morgan fingerprint density at radius 2 is 2.14 bits per heavy atom. The Morgan fingerprint density at radius 3 is 2.64 bits per heavy atom. The van der Waals surface area contributed by atoms with Gasteiger partial charge in [-0.1, -0.05) is 6.92 Å². The van der Waals surface area contributed by atoms with Crippen molar-refractivity contribution < 1.29 is 5.11 Å². The number of likely N-dealkylation sites (tertiary alicyclic amines) is 1. The van der Waals surface area contributed by atoms with Crippen molar-refractivity contribution in [2.75, 3.05) is 19.6 Å². The van der Waals surface area contributed by atoms with E-state index in [2.05, 4.69) is 11.8 Å². The fraction of sp³-hybridized carbons (Fsp3) is 1.00. The van der Waals surface area contributed by atoms with Gasteiger partial charge in [0.2, 0.25) is 0 Å². The topological polar surface area (TPSA) is 49.5 Å². The van der Waals surface area contributed by atoms with E-state index in [9.17, 15) is 5.11 Å². The van der Waals surface area contributed by atoms with Crippen LogP contribution in [0.1, 0.15) is 33.6 Å². The second-order valence-electron chi connectivity index (χ2n) is 5.29. The Morgan fingerprint density at radius 1 is 1.50 bits per heavy atom. The summed E-state index contributed by atoms with van der Waals surface area (Å²) in [5, 5.41) is 9.61. The lowest BCUT2D eigenvalue weighted by molar-refractivity contribution is 0.0497. The Balaban J connectivity index is 2.27. The van der Waals surface area contributed by atoms with Gasteiger partial charge in [-0.05, 0) is 39.2 Å². The van der Waals surface area contributed by atoms with Crippen LogP contribution in [0.15, 0.2) is 0 Å². The van der Waals surface area contributed by atoms with Crippen LogP contribution < -0.4 is 5.73 Å². The third kappa shape index (κ3) is 3.95. The van der Waals surface area contributed by atoms with Gasteiger partial charge in [-0.25, -0.2) is 0 Å². The van der Waals surface area contributed by atoms with E-state index in [0.29, 0.717) is 12.0 Å². The third-order valence-corrected chi connectivity index (χ3v) is 3.10. The molecule has 0 aromatic carbocycles. The van der Waals surface area contributed by atoms with Gasteiger partial charge in [-0.3, -0.25) is 0 Å². The van der Waals surface area contributed by atoms with Crippen LogP contribution in [-0.4, -0.2) is 41.3 Å². The van der Waals surface area contributed by atoms with Crippen LogP contribution in [0.3, 0.4) is 0 Å². The zero-order valence-corrected chi connectivity index (χ0v) is 9.66. The van der Waals surface area contributed by atoms with E-state index in [0.717, 1.165) is 32.5 Å². The quantitative estimate of drug-likeness (QED) is 0.709. The summed E-state index contributed by atoms with van der Waals surface area (Å²) >= 11 is 0. The van der Waals surface area contributed by atoms with E-state index < -0.39 is 5.60 Å². The Kier molecular flexibility index (Phi) is 3.93. The zero-order chi connectivity index (χ0) is 10.8. The molecule has 1 saturated heterocycles. The minimum atomic E-state index is -0.539. The first kappa shape index (κ1) is 12.0. The van der Waals surface area contributed by atoms with Gasteiger partial charge in [0.15, 0.2) is 0 Å². The molecule has 1 rings (SSSR count). The molecular weight excluding hydrogens is 176 g/mol. The molecule has 3 heteroatoms. The van der Waals surface area contributed by atoms with E-state index in [1.54, 1.807) is 0 Å². The van der Waals surface area contributed by atoms with Crippen molar-refractivity contribution in [3.63, 3.8) is 0 Å². The summed E-state index contributed by atoms with van der Waals surface area (Å²) in [7, 11) is 0. The predicted molar refractivity (Wildman–Crippen MR) is 59.1 cm³/mol. The lowest BCUT2D eigenvalue weighted by Gasteiger charge is -2.36. The minimum Gasteiger partial charge on any atom is -0.390 e. The minimum absolute atomic E-state index is 0.369. The highest BCUT2D eigenvalue weighted by Gasteiger charge is 2.24. The molecule has 2 unspecified atom stereocenters. The molecule has 3 nitrogen and oxygen atoms in total. The average Bonchev–Trinajstić information content (AvgIpc) is 2.06. The van der Waals surface area contributed by atoms with Crippen molar-refractivity contribution >= 4 is 0 Å². The summed E-state index contributed by atoms with van der Waals surface area (Å²) in [6, 6.07) is 0.369. The van der Waals surface area contributed by atoms with Gasteiger partial charge in [0, 0.05) is 19.1 Å². The average molecular weight is 200 g/mol. The van der Waals surface area contributed by atoms with Crippen molar-refractivity contribution in [3.05, 3.63) is 0 Å². The molecule has 0 amide bonds. The number of rotatable bonds is 3. The SMILES string of the molecule is CC1CN(CCC(C)(C)O)CCC1N. The van der Waals surface area contributed by atoms with Gasteiger partial charge in [-0.15, -0.1) is 0 Å². The van der Waals surface area contributed by atoms with Crippen molar-refractivity contribution in [2.45, 2.75) is 45.3 Å². The fourth-order valence-electron chi connectivity index (χ4n) is 1.88. The number of piperidine rings is 1. The highest BCUT2D eigenvalue weighted by Crippen LogP contribution is 2.16. The van der Waals surface area contributed by atoms with Crippen LogP contribution in [-0.2, 0) is 0 Å². The molecule has 1 fully saturated rings. The molecule has 0 aromatic heterocycles. The van der Waals surface area contributed by atoms with Crippen molar-refractivity contribution in [1.82, 2.24) is 4.90 Å². The molecule has 84 valence electrons. The number of nitrogens with zero attached hydrogens (tertiary/aromatic N) is 1. The summed E-state index contributed by atoms with van der Waals surface area (Å²) in [5.74, 6) is 0.588. The van der Waals surface area contributed by atoms with Crippen LogP contribution in [0.25, 0.3) is 0 Å². The van der Waals surface area contributed by atoms with Crippen molar-refractivity contribution in [1.29, 1.82) is 0 Å². The van der Waals surface area contributed by atoms with E-state index in [4.69, 9.17) is 5.73 Å². The van der Waals surface area contributed by atoms with Gasteiger partial charge in [0.05, 0.1) is 5.60 Å². The van der Waals surface area contributed by atoms with Crippen LogP contribution >= 0.6 is 0 Å². The van der Waals surface area contributed by atoms with Crippen LogP contribution in [0.2, 0.25) is 0 Å². The van der Waals surface area contributed by atoms with Crippen LogP contribution in [0, 0.1) is 5.92 Å². The van der Waals surface area contributed by atoms with Crippen LogP contribution in [0.4, 0.5) is 0 Å². The predicted octanol–water partition coefficient (Wildman–Crippen LogP) is 0.817. The highest BCUT2D eigenvalue weighted by atomic mass is 16.3. The molecule has 2 atom stereocenters. The molecule has 3 N–H and O–H groups in total. The molecule has 1 heterocycles. The summed E-state index contributed by atoms with van der Waals surface area (Å²) in [6.07, 6.45) is 1.93. The number of hydrogen-bond donors (Lipinski definition) is 2. The maximum atomic E-state index is 9.61. The number of aliphatic hydroxyl groups is 1. The number of hydrogen-bond acceptors (Lipinski definition) is 3. The largest absolute Gasteiger partial charge is 0.390 e. The van der Waals surface area contributed by atoms with Gasteiger partial charge in [0.1, 0.15) is 0 Å². The molecule has 1 aliphatic rings. The summed E-state index contributed by atoms with van der Waals surface area (Å²) < 4.78 is 0. The highest BCUT2D eigenvalue weighted by molar-refractivity contribution is 4.81. The second-order valence-corrected chi connectivity index (χ2v) is 5.29. The molecule has 0 saturated carbocycles. The van der Waals surface area contributed by atoms with Crippen LogP contribution in [0.5, 0.6) is 0 Å². The summed E-state index contributed by atoms with van der Waals surface area (Å²) in [6.45, 7) is 9.10. The lowest BCUT2D eigenvalue weighted by Crippen LogP contribution is -2.46. The van der Waals surface area contributed by atoms with E-state index >= 15 is 0 Å². The third-order valence-electron chi connectivity index (χ3n) is 3.10. The molecule has 0 aromatic rings. The van der Waals surface area contributed by atoms with Crippen molar-refractivity contribution in [2.24, 2.45) is 11.7 Å². The Labute approximate surface area is 87.3 Å². The monoisotopic (exact) mass is 200 g/mol. The summed E-state index contributed by atoms with van der Waals surface area (Å²) in [4.78, 5) is 2.41. The first-order chi connectivity index (χ1) is 6.38. The Bertz CT molecular complexity index is 177. The van der Waals surface area contributed by atoms with Gasteiger partial charge < -0.3 is 15.7 Å². The molecule has 14 heavy (non-hydrogen) atoms. The van der Waals surface area contributed by atoms with Gasteiger partial charge in [0.25, 0.3) is 0 Å². The van der Waals surface area contributed by atoms with Gasteiger partial charge in [-0.2, -0.15) is 0 Å². The smallest absolute Gasteiger partial charge is 0.0603 e. The van der Waals surface area contributed by atoms with Crippen molar-refractivity contribution in [3.8, 4) is 0 Å². The molecule has 0 bridgehead atoms. The maximum absolute atomic E-state index is 9.61. The number of nitrogens with two attached hydrogens (primary N) is 1. The molecule has 0 radical (unpaired) electrons. The normalized spacial score (nSPS) is 30.6. The standard InChI is InChI=1S/C11H24N2O/c1-9-8-13(6-4-10(9)12)7-5-11(2,3)14/h9-10,14H,4-8,12H2,1-3H3. The Hall–Kier alpha value is -0.120. The maximum Gasteiger partial charge on any atom is 0.0603 e. The molecule has 1 aliphatic heterocycles. The first-order valence-electron chi connectivity index (χ1n) is 5.59. The van der Waals surface area contributed by atoms with E-state index in [1.807, 2.05) is 13.8 Å². The second kappa shape index (κ2) is 4.60. The van der Waals surface area contributed by atoms with E-state index in [1.165, 1.54) is 0 Å². The summed E-state index contributed by atoms with van der Waals surface area (Å²) in [5.41, 5.74) is 5.41. The van der Waals surface area contributed by atoms with E-state index in [-0.39, 0.29) is 0 Å².